The predicted octanol–water partition coefficient (Wildman–Crippen LogP) is 11.7. The van der Waals surface area contributed by atoms with Gasteiger partial charge in [-0.05, 0) is 24.3 Å². The fourth-order valence-corrected chi connectivity index (χ4v) is 3.90. The van der Waals surface area contributed by atoms with Crippen molar-refractivity contribution in [3.05, 3.63) is 6.92 Å². The van der Waals surface area contributed by atoms with Gasteiger partial charge in [-0.3, -0.25) is 0 Å². The summed E-state index contributed by atoms with van der Waals surface area (Å²) < 4.78 is 0. The number of hydrogen-bond acceptors (Lipinski definition) is 2. The zero-order chi connectivity index (χ0) is 23.7. The minimum atomic E-state index is 1.06. The number of unbranched alkanes of at least 4 members (excludes halogenated alkanes) is 20. The molecule has 0 atom stereocenters. The minimum absolute atomic E-state index is 1.06. The molecule has 0 unspecified atom stereocenters. The average molecular weight is 476 g/mol. The molecular formula is C29H63S2. The van der Waals surface area contributed by atoms with E-state index in [2.05, 4.69) is 53.0 Å². The number of thiol groups is 2. The Kier molecular flexibility index (Phi) is 48.0. The van der Waals surface area contributed by atoms with Crippen molar-refractivity contribution < 1.29 is 0 Å². The second kappa shape index (κ2) is 41.0. The van der Waals surface area contributed by atoms with Crippen LogP contribution in [0.4, 0.5) is 0 Å². The standard InChI is InChI=1S/C16H34S.C7H16S.C6H13/c1-2-3-4-5-6-7-8-9-10-11-12-13-14-15-16-17;1-2-3-4-5-6-7-8;1-3-5-6-4-2/h17H,2-16H2,1H3;8H,2-7H2,1H3;1,3-6H2,2H3. The van der Waals surface area contributed by atoms with Gasteiger partial charge >= 0.3 is 0 Å². The Morgan fingerprint density at radius 1 is 0.355 bits per heavy atom. The summed E-state index contributed by atoms with van der Waals surface area (Å²) in [6.07, 6.45) is 32.0. The highest BCUT2D eigenvalue weighted by atomic mass is 32.1. The normalized spacial score (nSPS) is 10.3. The molecule has 1 radical (unpaired) electrons. The van der Waals surface area contributed by atoms with E-state index in [4.69, 9.17) is 0 Å². The van der Waals surface area contributed by atoms with Crippen LogP contribution in [0.5, 0.6) is 0 Å². The lowest BCUT2D eigenvalue weighted by atomic mass is 10.0. The lowest BCUT2D eigenvalue weighted by Crippen LogP contribution is -1.83. The Hall–Kier alpha value is 0.700. The molecular weight excluding hydrogens is 412 g/mol. The van der Waals surface area contributed by atoms with Gasteiger partial charge in [0, 0.05) is 0 Å². The molecule has 0 aliphatic carbocycles. The van der Waals surface area contributed by atoms with Crippen LogP contribution in [0, 0.1) is 6.92 Å². The first kappa shape index (κ1) is 36.3. The molecule has 0 aliphatic rings. The molecule has 0 fully saturated rings. The largest absolute Gasteiger partial charge is 0.179 e. The van der Waals surface area contributed by atoms with Crippen molar-refractivity contribution in [2.24, 2.45) is 0 Å². The van der Waals surface area contributed by atoms with E-state index in [1.165, 1.54) is 141 Å². The summed E-state index contributed by atoms with van der Waals surface area (Å²) in [4.78, 5) is 0. The summed E-state index contributed by atoms with van der Waals surface area (Å²) in [5.74, 6) is 2.13. The summed E-state index contributed by atoms with van der Waals surface area (Å²) in [6.45, 7) is 10.5. The van der Waals surface area contributed by atoms with Crippen LogP contribution in [0.1, 0.15) is 168 Å². The third-order valence-corrected chi connectivity index (χ3v) is 6.26. The van der Waals surface area contributed by atoms with Crippen LogP contribution in [-0.4, -0.2) is 11.5 Å². The van der Waals surface area contributed by atoms with Crippen LogP contribution >= 0.6 is 25.3 Å². The molecule has 0 nitrogen and oxygen atoms in total. The highest BCUT2D eigenvalue weighted by molar-refractivity contribution is 7.80. The smallest absolute Gasteiger partial charge is 0.00979 e. The molecule has 0 spiro atoms. The van der Waals surface area contributed by atoms with Crippen LogP contribution in [0.3, 0.4) is 0 Å². The minimum Gasteiger partial charge on any atom is -0.179 e. The van der Waals surface area contributed by atoms with E-state index in [1.807, 2.05) is 0 Å². The monoisotopic (exact) mass is 475 g/mol. The van der Waals surface area contributed by atoms with Gasteiger partial charge in [0.2, 0.25) is 0 Å². The van der Waals surface area contributed by atoms with Gasteiger partial charge in [0.05, 0.1) is 0 Å². The zero-order valence-electron chi connectivity index (χ0n) is 22.3. The van der Waals surface area contributed by atoms with Crippen LogP contribution in [0.15, 0.2) is 0 Å². The summed E-state index contributed by atoms with van der Waals surface area (Å²) >= 11 is 8.36. The molecule has 0 aromatic carbocycles. The van der Waals surface area contributed by atoms with Gasteiger partial charge in [-0.1, -0.05) is 163 Å². The molecule has 2 heteroatoms. The van der Waals surface area contributed by atoms with Crippen LogP contribution in [-0.2, 0) is 0 Å². The van der Waals surface area contributed by atoms with E-state index in [0.717, 1.165) is 17.9 Å². The Balaban J connectivity index is -0.000000461. The Morgan fingerprint density at radius 2 is 0.581 bits per heavy atom. The third kappa shape index (κ3) is 49.1. The van der Waals surface area contributed by atoms with Crippen LogP contribution in [0.2, 0.25) is 0 Å². The molecule has 0 rings (SSSR count). The van der Waals surface area contributed by atoms with E-state index in [1.54, 1.807) is 0 Å². The second-order valence-electron chi connectivity index (χ2n) is 9.02. The summed E-state index contributed by atoms with van der Waals surface area (Å²) in [7, 11) is 0. The Labute approximate surface area is 211 Å². The van der Waals surface area contributed by atoms with E-state index < -0.39 is 0 Å². The number of hydrogen-bond donors (Lipinski definition) is 2. The molecule has 0 amide bonds. The summed E-state index contributed by atoms with van der Waals surface area (Å²) in [6, 6.07) is 0. The molecule has 0 aromatic heterocycles. The highest BCUT2D eigenvalue weighted by Crippen LogP contribution is 2.12. The van der Waals surface area contributed by atoms with Crippen molar-refractivity contribution in [3.8, 4) is 0 Å². The van der Waals surface area contributed by atoms with Gasteiger partial charge in [0.15, 0.2) is 0 Å². The van der Waals surface area contributed by atoms with Crippen molar-refractivity contribution in [1.29, 1.82) is 0 Å². The molecule has 0 saturated carbocycles. The zero-order valence-corrected chi connectivity index (χ0v) is 24.1. The molecule has 0 N–H and O–H groups in total. The van der Waals surface area contributed by atoms with Gasteiger partial charge in [-0.15, -0.1) is 0 Å². The van der Waals surface area contributed by atoms with Gasteiger partial charge < -0.3 is 0 Å². The lowest BCUT2D eigenvalue weighted by Gasteiger charge is -2.02. The fourth-order valence-electron chi connectivity index (χ4n) is 3.45. The molecule has 0 heterocycles. The van der Waals surface area contributed by atoms with E-state index in [9.17, 15) is 0 Å². The first-order chi connectivity index (χ1) is 15.2. The highest BCUT2D eigenvalue weighted by Gasteiger charge is 1.93. The van der Waals surface area contributed by atoms with Crippen LogP contribution < -0.4 is 0 Å². The summed E-state index contributed by atoms with van der Waals surface area (Å²) in [5, 5.41) is 0. The quantitative estimate of drug-likeness (QED) is 0.113. The SMILES string of the molecule is CCCCCCCCCCCCCCCCS.CCCCCCCS.[CH2]CCCCC. The van der Waals surface area contributed by atoms with E-state index in [0.29, 0.717) is 0 Å². The maximum Gasteiger partial charge on any atom is -0.00979 e. The molecule has 0 bridgehead atoms. The average Bonchev–Trinajstić information content (AvgIpc) is 2.79. The van der Waals surface area contributed by atoms with Gasteiger partial charge in [-0.2, -0.15) is 25.3 Å². The lowest BCUT2D eigenvalue weighted by molar-refractivity contribution is 0.538. The van der Waals surface area contributed by atoms with E-state index >= 15 is 0 Å². The maximum atomic E-state index is 4.23. The maximum absolute atomic E-state index is 4.23. The second-order valence-corrected chi connectivity index (χ2v) is 9.91. The summed E-state index contributed by atoms with van der Waals surface area (Å²) in [5.41, 5.74) is 0. The first-order valence-corrected chi connectivity index (χ1v) is 15.5. The third-order valence-electron chi connectivity index (χ3n) is 5.63. The Bertz CT molecular complexity index is 219. The molecule has 0 saturated heterocycles. The molecule has 31 heavy (non-hydrogen) atoms. The predicted molar refractivity (Wildman–Crippen MR) is 156 cm³/mol. The van der Waals surface area contributed by atoms with Crippen molar-refractivity contribution in [2.45, 2.75) is 168 Å². The van der Waals surface area contributed by atoms with Gasteiger partial charge in [-0.25, -0.2) is 0 Å². The molecule has 0 aromatic rings. The van der Waals surface area contributed by atoms with Crippen LogP contribution in [0.25, 0.3) is 0 Å². The van der Waals surface area contributed by atoms with Crippen molar-refractivity contribution >= 4 is 25.3 Å². The van der Waals surface area contributed by atoms with Crippen molar-refractivity contribution in [3.63, 3.8) is 0 Å². The number of rotatable bonds is 22. The Morgan fingerprint density at radius 3 is 0.774 bits per heavy atom. The van der Waals surface area contributed by atoms with Gasteiger partial charge in [0.1, 0.15) is 0 Å². The topological polar surface area (TPSA) is 0 Å². The molecule has 191 valence electrons. The van der Waals surface area contributed by atoms with Gasteiger partial charge in [0.25, 0.3) is 0 Å². The van der Waals surface area contributed by atoms with Crippen molar-refractivity contribution in [1.82, 2.24) is 0 Å². The first-order valence-electron chi connectivity index (χ1n) is 14.3. The van der Waals surface area contributed by atoms with E-state index in [-0.39, 0.29) is 0 Å². The molecule has 0 aliphatic heterocycles. The van der Waals surface area contributed by atoms with Crippen molar-refractivity contribution in [2.75, 3.05) is 11.5 Å². The fraction of sp³-hybridized carbons (Fsp3) is 0.966.